The van der Waals surface area contributed by atoms with Crippen LogP contribution in [-0.2, 0) is 0 Å². The van der Waals surface area contributed by atoms with Crippen LogP contribution in [0.25, 0.3) is 16.8 Å². The molecule has 1 amide bonds. The molecule has 0 saturated carbocycles. The lowest BCUT2D eigenvalue weighted by Gasteiger charge is -2.30. The minimum atomic E-state index is -0.118. The van der Waals surface area contributed by atoms with E-state index in [9.17, 15) is 4.79 Å². The molecule has 8 nitrogen and oxygen atoms in total. The van der Waals surface area contributed by atoms with Crippen LogP contribution in [0.3, 0.4) is 0 Å². The predicted molar refractivity (Wildman–Crippen MR) is 105 cm³/mol. The zero-order chi connectivity index (χ0) is 19.8. The van der Waals surface area contributed by atoms with Crippen LogP contribution in [0.4, 0.5) is 0 Å². The second-order valence-corrected chi connectivity index (χ2v) is 7.29. The maximum Gasteiger partial charge on any atom is 0.291 e. The number of piperidine rings is 1. The fourth-order valence-electron chi connectivity index (χ4n) is 3.80. The van der Waals surface area contributed by atoms with Gasteiger partial charge in [0.05, 0.1) is 5.69 Å². The quantitative estimate of drug-likeness (QED) is 0.536. The Labute approximate surface area is 167 Å². The summed E-state index contributed by atoms with van der Waals surface area (Å²) in [5.74, 6) is 1.06. The molecule has 1 aliphatic heterocycles. The minimum Gasteiger partial charge on any atom is -0.438 e. The second-order valence-electron chi connectivity index (χ2n) is 7.29. The van der Waals surface area contributed by atoms with Crippen LogP contribution < -0.4 is 0 Å². The van der Waals surface area contributed by atoms with Crippen LogP contribution in [0.15, 0.2) is 53.7 Å². The van der Waals surface area contributed by atoms with Crippen molar-refractivity contribution in [3.63, 3.8) is 0 Å². The van der Waals surface area contributed by atoms with Gasteiger partial charge in [-0.05, 0) is 38.0 Å². The molecule has 1 aliphatic rings. The first-order valence-corrected chi connectivity index (χ1v) is 9.65. The fraction of sp³-hybridized carbons (Fsp3) is 0.286. The molecule has 29 heavy (non-hydrogen) atoms. The molecule has 0 aliphatic carbocycles. The Morgan fingerprint density at radius 1 is 1.24 bits per heavy atom. The number of rotatable bonds is 3. The molecule has 1 fully saturated rings. The third-order valence-corrected chi connectivity index (χ3v) is 5.36. The number of likely N-dealkylation sites (tertiary alicyclic amines) is 1. The topological polar surface area (TPSA) is 89.4 Å². The first-order chi connectivity index (χ1) is 14.2. The number of fused-ring (bicyclic) bond motifs is 1. The van der Waals surface area contributed by atoms with Crippen molar-refractivity contribution in [1.82, 2.24) is 29.5 Å². The van der Waals surface area contributed by atoms with E-state index in [-0.39, 0.29) is 11.8 Å². The number of nitrogens with zero attached hydrogens (tertiary/aromatic N) is 6. The molecule has 0 radical (unpaired) electrons. The Balaban J connectivity index is 1.40. The summed E-state index contributed by atoms with van der Waals surface area (Å²) in [4.78, 5) is 27.5. The van der Waals surface area contributed by atoms with Gasteiger partial charge in [0, 0.05) is 48.7 Å². The average Bonchev–Trinajstić information content (AvgIpc) is 3.39. The van der Waals surface area contributed by atoms with Gasteiger partial charge in [0.1, 0.15) is 0 Å². The van der Waals surface area contributed by atoms with Crippen molar-refractivity contribution in [3.05, 3.63) is 66.5 Å². The molecule has 4 aromatic rings. The Bertz CT molecular complexity index is 1170. The van der Waals surface area contributed by atoms with Crippen LogP contribution in [0.5, 0.6) is 0 Å². The number of hydrogen-bond acceptors (Lipinski definition) is 6. The number of hydrogen-bond donors (Lipinski definition) is 0. The first kappa shape index (κ1) is 17.5. The standard InChI is InChI=1S/C21H20N6O2/c1-14-19(29-13-23-14)21(28)26-9-3-5-17(11-26)20-24-18-7-6-16(12-27(18)25-20)15-4-2-8-22-10-15/h2,4,6-8,10,12-13,17H,3,5,9,11H2,1H3. The summed E-state index contributed by atoms with van der Waals surface area (Å²) in [5, 5.41) is 4.71. The lowest BCUT2D eigenvalue weighted by atomic mass is 9.97. The molecule has 5 rings (SSSR count). The monoisotopic (exact) mass is 388 g/mol. The molecule has 8 heteroatoms. The van der Waals surface area contributed by atoms with E-state index in [0.717, 1.165) is 35.4 Å². The van der Waals surface area contributed by atoms with E-state index in [1.165, 1.54) is 6.39 Å². The number of carbonyl (C=O) groups is 1. The van der Waals surface area contributed by atoms with Gasteiger partial charge in [0.2, 0.25) is 5.76 Å². The zero-order valence-electron chi connectivity index (χ0n) is 16.0. The summed E-state index contributed by atoms with van der Waals surface area (Å²) in [5.41, 5.74) is 3.47. The van der Waals surface area contributed by atoms with E-state index in [1.807, 2.05) is 41.6 Å². The highest BCUT2D eigenvalue weighted by molar-refractivity contribution is 5.92. The van der Waals surface area contributed by atoms with Crippen LogP contribution in [0, 0.1) is 6.92 Å². The van der Waals surface area contributed by atoms with E-state index in [0.29, 0.717) is 24.5 Å². The number of amides is 1. The summed E-state index contributed by atoms with van der Waals surface area (Å²) < 4.78 is 7.09. The van der Waals surface area contributed by atoms with Gasteiger partial charge >= 0.3 is 0 Å². The summed E-state index contributed by atoms with van der Waals surface area (Å²) in [6.07, 6.45) is 8.71. The third kappa shape index (κ3) is 3.26. The molecule has 0 aromatic carbocycles. The Hall–Kier alpha value is -3.55. The van der Waals surface area contributed by atoms with Crippen molar-refractivity contribution in [2.24, 2.45) is 0 Å². The summed E-state index contributed by atoms with van der Waals surface area (Å²) in [6, 6.07) is 7.91. The van der Waals surface area contributed by atoms with Gasteiger partial charge in [-0.1, -0.05) is 6.07 Å². The molecule has 0 spiro atoms. The molecule has 4 aromatic heterocycles. The molecule has 146 valence electrons. The van der Waals surface area contributed by atoms with Gasteiger partial charge in [-0.15, -0.1) is 0 Å². The number of pyridine rings is 2. The molecule has 1 unspecified atom stereocenters. The lowest BCUT2D eigenvalue weighted by Crippen LogP contribution is -2.39. The van der Waals surface area contributed by atoms with Crippen molar-refractivity contribution >= 4 is 11.6 Å². The Kier molecular flexibility index (Phi) is 4.31. The molecule has 1 saturated heterocycles. The van der Waals surface area contributed by atoms with Gasteiger partial charge in [-0.3, -0.25) is 9.78 Å². The van der Waals surface area contributed by atoms with Crippen molar-refractivity contribution in [3.8, 4) is 11.1 Å². The van der Waals surface area contributed by atoms with Crippen molar-refractivity contribution in [2.75, 3.05) is 13.1 Å². The molecular weight excluding hydrogens is 368 g/mol. The highest BCUT2D eigenvalue weighted by Crippen LogP contribution is 2.27. The zero-order valence-corrected chi connectivity index (χ0v) is 16.0. The van der Waals surface area contributed by atoms with Gasteiger partial charge < -0.3 is 9.32 Å². The van der Waals surface area contributed by atoms with Crippen LogP contribution in [-0.4, -0.2) is 48.5 Å². The predicted octanol–water partition coefficient (Wildman–Crippen LogP) is 3.11. The first-order valence-electron chi connectivity index (χ1n) is 9.65. The molecular formula is C21H20N6O2. The van der Waals surface area contributed by atoms with E-state index < -0.39 is 0 Å². The van der Waals surface area contributed by atoms with E-state index in [4.69, 9.17) is 14.5 Å². The highest BCUT2D eigenvalue weighted by Gasteiger charge is 2.30. The number of aryl methyl sites for hydroxylation is 1. The SMILES string of the molecule is Cc1ncoc1C(=O)N1CCCC(c2nc3ccc(-c4cccnc4)cn3n2)C1. The van der Waals surface area contributed by atoms with E-state index in [2.05, 4.69) is 9.97 Å². The van der Waals surface area contributed by atoms with Gasteiger partial charge in [-0.2, -0.15) is 5.10 Å². The van der Waals surface area contributed by atoms with Crippen LogP contribution in [0.1, 0.15) is 40.8 Å². The van der Waals surface area contributed by atoms with Crippen LogP contribution in [0.2, 0.25) is 0 Å². The molecule has 0 N–H and O–H groups in total. The average molecular weight is 388 g/mol. The minimum absolute atomic E-state index is 0.0951. The molecule has 1 atom stereocenters. The van der Waals surface area contributed by atoms with Gasteiger partial charge in [0.25, 0.3) is 5.91 Å². The molecule has 0 bridgehead atoms. The number of carbonyl (C=O) groups excluding carboxylic acids is 1. The Morgan fingerprint density at radius 2 is 2.17 bits per heavy atom. The van der Waals surface area contributed by atoms with Gasteiger partial charge in [-0.25, -0.2) is 14.5 Å². The maximum absolute atomic E-state index is 12.8. The van der Waals surface area contributed by atoms with Crippen LogP contribution >= 0.6 is 0 Å². The second kappa shape index (κ2) is 7.12. The highest BCUT2D eigenvalue weighted by atomic mass is 16.3. The number of aromatic nitrogens is 5. The van der Waals surface area contributed by atoms with E-state index >= 15 is 0 Å². The maximum atomic E-state index is 12.8. The van der Waals surface area contributed by atoms with Gasteiger partial charge in [0.15, 0.2) is 17.9 Å². The lowest BCUT2D eigenvalue weighted by molar-refractivity contribution is 0.0671. The summed E-state index contributed by atoms with van der Waals surface area (Å²) in [6.45, 7) is 3.06. The van der Waals surface area contributed by atoms with Crippen molar-refractivity contribution in [1.29, 1.82) is 0 Å². The molecule has 5 heterocycles. The van der Waals surface area contributed by atoms with E-state index in [1.54, 1.807) is 17.6 Å². The largest absolute Gasteiger partial charge is 0.438 e. The fourth-order valence-corrected chi connectivity index (χ4v) is 3.80. The normalized spacial score (nSPS) is 17.0. The van der Waals surface area contributed by atoms with Crippen molar-refractivity contribution < 1.29 is 9.21 Å². The Morgan fingerprint density at radius 3 is 2.97 bits per heavy atom. The third-order valence-electron chi connectivity index (χ3n) is 5.36. The summed E-state index contributed by atoms with van der Waals surface area (Å²) >= 11 is 0. The number of oxazole rings is 1. The van der Waals surface area contributed by atoms with Crippen molar-refractivity contribution in [2.45, 2.75) is 25.7 Å². The summed E-state index contributed by atoms with van der Waals surface area (Å²) in [7, 11) is 0. The smallest absolute Gasteiger partial charge is 0.291 e.